The summed E-state index contributed by atoms with van der Waals surface area (Å²) in [5.41, 5.74) is 0.349. The summed E-state index contributed by atoms with van der Waals surface area (Å²) in [6.07, 6.45) is 3.02. The highest BCUT2D eigenvalue weighted by molar-refractivity contribution is 6.74. The van der Waals surface area contributed by atoms with E-state index in [4.69, 9.17) is 4.43 Å². The van der Waals surface area contributed by atoms with E-state index in [0.717, 1.165) is 6.20 Å². The van der Waals surface area contributed by atoms with Crippen molar-refractivity contribution in [3.63, 3.8) is 0 Å². The Morgan fingerprint density at radius 2 is 2.08 bits per heavy atom. The predicted octanol–water partition coefficient (Wildman–Crippen LogP) is 3.16. The van der Waals surface area contributed by atoms with Crippen LogP contribution in [0.25, 0.3) is 0 Å². The van der Waals surface area contributed by atoms with Crippen LogP contribution in [-0.4, -0.2) is 28.1 Å². The van der Waals surface area contributed by atoms with Crippen LogP contribution < -0.4 is 5.69 Å². The van der Waals surface area contributed by atoms with Crippen molar-refractivity contribution in [2.45, 2.75) is 57.5 Å². The molecule has 0 bridgehead atoms. The third-order valence-corrected chi connectivity index (χ3v) is 9.61. The molecule has 0 aromatic carbocycles. The van der Waals surface area contributed by atoms with Crippen molar-refractivity contribution in [1.82, 2.24) is 19.7 Å². The normalized spacial score (nSPS) is 21.1. The van der Waals surface area contributed by atoms with Gasteiger partial charge in [-0.05, 0) is 29.8 Å². The molecule has 0 spiro atoms. The molecule has 2 atom stereocenters. The molecular weight excluding hydrogens is 327 g/mol. The highest BCUT2D eigenvalue weighted by Crippen LogP contribution is 2.44. The number of H-pyrrole nitrogens is 1. The maximum atomic E-state index is 13.5. The van der Waals surface area contributed by atoms with Gasteiger partial charge in [-0.2, -0.15) is 5.10 Å². The van der Waals surface area contributed by atoms with Gasteiger partial charge in [0.1, 0.15) is 11.9 Å². The minimum Gasteiger partial charge on any atom is -0.407 e. The van der Waals surface area contributed by atoms with Crippen molar-refractivity contribution >= 4 is 8.32 Å². The Kier molecular flexibility index (Phi) is 3.99. The van der Waals surface area contributed by atoms with Gasteiger partial charge in [0, 0.05) is 12.6 Å². The molecule has 0 amide bonds. The SMILES string of the molecule is CC(C)(C)[Si](C)(C)OC1CC(c2cncc(F)c2)n2c1n[nH]c2=O. The monoisotopic (exact) mass is 350 g/mol. The quantitative estimate of drug-likeness (QED) is 0.863. The zero-order valence-corrected chi connectivity index (χ0v) is 15.6. The minimum atomic E-state index is -2.03. The van der Waals surface area contributed by atoms with Gasteiger partial charge in [0.05, 0.1) is 12.2 Å². The standard InChI is InChI=1S/C16H23FN4O2Si/c1-16(2,3)24(4,5)23-13-7-12(10-6-11(17)9-18-8-10)21-14(13)19-20-15(21)22/h6,8-9,12-13H,7H2,1-5H3,(H,20,22). The fraction of sp³-hybridized carbons (Fsp3) is 0.562. The molecule has 3 heterocycles. The highest BCUT2D eigenvalue weighted by Gasteiger charge is 2.44. The molecule has 1 aliphatic heterocycles. The molecule has 8 heteroatoms. The van der Waals surface area contributed by atoms with Crippen LogP contribution in [0.4, 0.5) is 4.39 Å². The Morgan fingerprint density at radius 3 is 2.71 bits per heavy atom. The predicted molar refractivity (Wildman–Crippen MR) is 90.8 cm³/mol. The van der Waals surface area contributed by atoms with Crippen molar-refractivity contribution in [2.75, 3.05) is 0 Å². The number of halogens is 1. The molecule has 0 fully saturated rings. The second-order valence-electron chi connectivity index (χ2n) is 7.81. The molecule has 130 valence electrons. The van der Waals surface area contributed by atoms with Crippen LogP contribution in [0.2, 0.25) is 18.1 Å². The second kappa shape index (κ2) is 5.63. The fourth-order valence-electron chi connectivity index (χ4n) is 2.79. The van der Waals surface area contributed by atoms with Gasteiger partial charge in [-0.25, -0.2) is 14.3 Å². The van der Waals surface area contributed by atoms with E-state index < -0.39 is 14.1 Å². The first-order valence-corrected chi connectivity index (χ1v) is 11.0. The molecule has 24 heavy (non-hydrogen) atoms. The first-order valence-electron chi connectivity index (χ1n) is 8.05. The number of hydrogen-bond acceptors (Lipinski definition) is 4. The van der Waals surface area contributed by atoms with Crippen molar-refractivity contribution in [3.05, 3.63) is 46.1 Å². The highest BCUT2D eigenvalue weighted by atomic mass is 28.4. The van der Waals surface area contributed by atoms with Crippen LogP contribution in [0, 0.1) is 5.82 Å². The van der Waals surface area contributed by atoms with E-state index in [1.807, 2.05) is 0 Å². The molecule has 2 unspecified atom stereocenters. The number of pyridine rings is 1. The van der Waals surface area contributed by atoms with Gasteiger partial charge >= 0.3 is 5.69 Å². The summed E-state index contributed by atoms with van der Waals surface area (Å²) in [5, 5.41) is 6.69. The van der Waals surface area contributed by atoms with Gasteiger partial charge < -0.3 is 4.43 Å². The van der Waals surface area contributed by atoms with E-state index >= 15 is 0 Å². The number of nitrogens with zero attached hydrogens (tertiary/aromatic N) is 3. The number of nitrogens with one attached hydrogen (secondary N) is 1. The first kappa shape index (κ1) is 17.0. The van der Waals surface area contributed by atoms with Crippen LogP contribution in [0.1, 0.15) is 50.7 Å². The zero-order valence-electron chi connectivity index (χ0n) is 14.6. The number of aromatic amines is 1. The molecule has 2 aromatic rings. The lowest BCUT2D eigenvalue weighted by molar-refractivity contribution is 0.177. The van der Waals surface area contributed by atoms with Crippen molar-refractivity contribution < 1.29 is 8.82 Å². The van der Waals surface area contributed by atoms with Crippen molar-refractivity contribution in [2.24, 2.45) is 0 Å². The molecule has 0 saturated carbocycles. The average molecular weight is 350 g/mol. The summed E-state index contributed by atoms with van der Waals surface area (Å²) < 4.78 is 21.6. The van der Waals surface area contributed by atoms with Gasteiger partial charge in [0.15, 0.2) is 14.1 Å². The van der Waals surface area contributed by atoms with Gasteiger partial charge in [0.2, 0.25) is 0 Å². The zero-order chi connectivity index (χ0) is 17.7. The van der Waals surface area contributed by atoms with E-state index in [9.17, 15) is 9.18 Å². The largest absolute Gasteiger partial charge is 0.407 e. The second-order valence-corrected chi connectivity index (χ2v) is 12.6. The van der Waals surface area contributed by atoms with Crippen LogP contribution >= 0.6 is 0 Å². The number of fused-ring (bicyclic) bond motifs is 1. The maximum Gasteiger partial charge on any atom is 0.343 e. The molecular formula is C16H23FN4O2Si. The summed E-state index contributed by atoms with van der Waals surface area (Å²) in [6, 6.07) is 1.10. The van der Waals surface area contributed by atoms with E-state index in [2.05, 4.69) is 49.0 Å². The van der Waals surface area contributed by atoms with Crippen LogP contribution in [0.5, 0.6) is 0 Å². The number of rotatable bonds is 3. The minimum absolute atomic E-state index is 0.0485. The molecule has 6 nitrogen and oxygen atoms in total. The Labute approximate surface area is 141 Å². The lowest BCUT2D eigenvalue weighted by atomic mass is 10.1. The van der Waals surface area contributed by atoms with Gasteiger partial charge in [-0.1, -0.05) is 20.8 Å². The third kappa shape index (κ3) is 2.84. The lowest BCUT2D eigenvalue weighted by Crippen LogP contribution is -2.41. The van der Waals surface area contributed by atoms with E-state index in [-0.39, 0.29) is 22.9 Å². The van der Waals surface area contributed by atoms with E-state index in [1.54, 1.807) is 10.8 Å². The number of aromatic nitrogens is 4. The summed E-state index contributed by atoms with van der Waals surface area (Å²) in [6.45, 7) is 10.8. The topological polar surface area (TPSA) is 72.8 Å². The molecule has 0 saturated heterocycles. The van der Waals surface area contributed by atoms with Crippen LogP contribution in [-0.2, 0) is 4.43 Å². The fourth-order valence-corrected chi connectivity index (χ4v) is 4.05. The van der Waals surface area contributed by atoms with Gasteiger partial charge in [-0.15, -0.1) is 0 Å². The van der Waals surface area contributed by atoms with Gasteiger partial charge in [0.25, 0.3) is 0 Å². The first-order chi connectivity index (χ1) is 11.1. The van der Waals surface area contributed by atoms with E-state index in [1.165, 1.54) is 6.07 Å². The smallest absolute Gasteiger partial charge is 0.343 e. The van der Waals surface area contributed by atoms with Crippen LogP contribution in [0.3, 0.4) is 0 Å². The molecule has 0 radical (unpaired) electrons. The van der Waals surface area contributed by atoms with Crippen molar-refractivity contribution in [3.8, 4) is 0 Å². The Bertz CT molecular complexity index is 809. The van der Waals surface area contributed by atoms with Crippen molar-refractivity contribution in [1.29, 1.82) is 0 Å². The molecule has 1 N–H and O–H groups in total. The maximum absolute atomic E-state index is 13.5. The third-order valence-electron chi connectivity index (χ3n) is 5.12. The summed E-state index contributed by atoms with van der Waals surface area (Å²) in [5.74, 6) is 0.165. The molecule has 1 aliphatic rings. The lowest BCUT2D eigenvalue weighted by Gasteiger charge is -2.38. The van der Waals surface area contributed by atoms with Gasteiger partial charge in [-0.3, -0.25) is 9.55 Å². The Hall–Kier alpha value is -1.80. The summed E-state index contributed by atoms with van der Waals surface area (Å²) >= 11 is 0. The average Bonchev–Trinajstić information content (AvgIpc) is 3.00. The summed E-state index contributed by atoms with van der Waals surface area (Å²) in [4.78, 5) is 16.1. The summed E-state index contributed by atoms with van der Waals surface area (Å²) in [7, 11) is -2.03. The molecule has 3 rings (SSSR count). The van der Waals surface area contributed by atoms with E-state index in [0.29, 0.717) is 17.8 Å². The Balaban J connectivity index is 1.97. The Morgan fingerprint density at radius 1 is 1.38 bits per heavy atom. The molecule has 0 aliphatic carbocycles. The molecule has 2 aromatic heterocycles. The van der Waals surface area contributed by atoms with Crippen LogP contribution in [0.15, 0.2) is 23.3 Å². The number of hydrogen-bond donors (Lipinski definition) is 1.